The molecule has 0 aromatic rings. The minimum absolute atomic E-state index is 0. The van der Waals surface area contributed by atoms with Crippen molar-refractivity contribution < 1.29 is 175 Å². The third kappa shape index (κ3) is 210. The van der Waals surface area contributed by atoms with E-state index in [2.05, 4.69) is 0 Å². The van der Waals surface area contributed by atoms with Crippen LogP contribution in [0.25, 0.3) is 0 Å². The average Bonchev–Trinajstić information content (AvgIpc) is 0. The number of rotatable bonds is 0. The standard InChI is InChI=1S/2Ce.2Mo.9O/q2*+3;;;9*-2. The van der Waals surface area contributed by atoms with Gasteiger partial charge in [-0.1, -0.05) is 0 Å². The van der Waals surface area contributed by atoms with Gasteiger partial charge in [-0.25, -0.2) is 0 Å². The van der Waals surface area contributed by atoms with Gasteiger partial charge < -0.3 is 49.3 Å². The Morgan fingerprint density at radius 3 is 0.231 bits per heavy atom. The molecular formula is Ce2Mo2O9-12. The van der Waals surface area contributed by atoms with Crippen LogP contribution in [0.1, 0.15) is 0 Å². The van der Waals surface area contributed by atoms with Crippen LogP contribution in [0, 0.1) is 83.5 Å². The van der Waals surface area contributed by atoms with E-state index in [1.807, 2.05) is 0 Å². The summed E-state index contributed by atoms with van der Waals surface area (Å²) in [6.07, 6.45) is 0. The molecule has 0 saturated carbocycles. The Balaban J connectivity index is 0. The van der Waals surface area contributed by atoms with Crippen LogP contribution in [-0.4, -0.2) is 0 Å². The molecule has 0 aromatic heterocycles. The Morgan fingerprint density at radius 2 is 0.231 bits per heavy atom. The summed E-state index contributed by atoms with van der Waals surface area (Å²) in [4.78, 5) is 0. The van der Waals surface area contributed by atoms with Crippen LogP contribution in [0.5, 0.6) is 0 Å². The van der Waals surface area contributed by atoms with Gasteiger partial charge >= 0.3 is 83.5 Å². The molecule has 0 unspecified atom stereocenters. The first-order valence-electron chi connectivity index (χ1n) is 0. The fourth-order valence-corrected chi connectivity index (χ4v) is 0. The van der Waals surface area contributed by atoms with Crippen molar-refractivity contribution in [3.8, 4) is 0 Å². The van der Waals surface area contributed by atoms with Crippen LogP contribution in [0.15, 0.2) is 0 Å². The minimum Gasteiger partial charge on any atom is -2.00 e. The van der Waals surface area contributed by atoms with Crippen molar-refractivity contribution in [3.05, 3.63) is 0 Å². The van der Waals surface area contributed by atoms with Crippen molar-refractivity contribution >= 4 is 0 Å². The third-order valence-corrected chi connectivity index (χ3v) is 0. The molecule has 0 spiro atoms. The summed E-state index contributed by atoms with van der Waals surface area (Å²) in [7, 11) is 0. The van der Waals surface area contributed by atoms with E-state index in [1.165, 1.54) is 0 Å². The summed E-state index contributed by atoms with van der Waals surface area (Å²) >= 11 is 0. The molecule has 0 aliphatic heterocycles. The first-order valence-corrected chi connectivity index (χ1v) is 0. The summed E-state index contributed by atoms with van der Waals surface area (Å²) in [5, 5.41) is 0. The van der Waals surface area contributed by atoms with E-state index >= 15 is 0 Å². The van der Waals surface area contributed by atoms with Gasteiger partial charge in [0.05, 0.1) is 0 Å². The van der Waals surface area contributed by atoms with Crippen LogP contribution < -0.4 is 0 Å². The van der Waals surface area contributed by atoms with Gasteiger partial charge in [0, 0.05) is 42.1 Å². The number of hydrogen-bond acceptors (Lipinski definition) is 0. The maximum atomic E-state index is 0. The molecule has 0 amide bonds. The Morgan fingerprint density at radius 1 is 0.231 bits per heavy atom. The van der Waals surface area contributed by atoms with Gasteiger partial charge in [0.15, 0.2) is 0 Å². The van der Waals surface area contributed by atoms with Gasteiger partial charge in [-0.3, -0.25) is 0 Å². The molecule has 0 heterocycles. The Bertz CT molecular complexity index is 15.6. The molecule has 0 aromatic carbocycles. The number of hydrogen-bond donors (Lipinski definition) is 0. The largest absolute Gasteiger partial charge is 3.00 e. The van der Waals surface area contributed by atoms with Gasteiger partial charge in [-0.2, -0.15) is 0 Å². The zero-order valence-corrected chi connectivity index (χ0v) is 15.8. The Kier molecular flexibility index (Phi) is 5460. The second-order valence-corrected chi connectivity index (χ2v) is 0. The van der Waals surface area contributed by atoms with Gasteiger partial charge in [-0.15, -0.1) is 0 Å². The molecule has 13 heavy (non-hydrogen) atoms. The second kappa shape index (κ2) is 242. The van der Waals surface area contributed by atoms with Crippen molar-refractivity contribution in [2.75, 3.05) is 0 Å². The van der Waals surface area contributed by atoms with Crippen LogP contribution in [0.2, 0.25) is 0 Å². The molecular weight excluding hydrogens is 616 g/mol. The molecule has 0 rings (SSSR count). The first-order chi connectivity index (χ1) is 0. The van der Waals surface area contributed by atoms with E-state index in [1.54, 1.807) is 0 Å². The average molecular weight is 616 g/mol. The quantitative estimate of drug-likeness (QED) is 0.295. The predicted octanol–water partition coefficient (Wildman–Crippen LogP) is -1.07. The van der Waals surface area contributed by atoms with E-state index in [0.717, 1.165) is 0 Å². The van der Waals surface area contributed by atoms with Gasteiger partial charge in [0.25, 0.3) is 0 Å². The molecule has 13 heteroatoms. The van der Waals surface area contributed by atoms with Gasteiger partial charge in [0.1, 0.15) is 0 Å². The predicted molar refractivity (Wildman–Crippen MR) is 6.18 cm³/mol. The van der Waals surface area contributed by atoms with E-state index < -0.39 is 0 Å². The summed E-state index contributed by atoms with van der Waals surface area (Å²) in [5.74, 6) is 0. The topological polar surface area (TPSA) is 256 Å². The molecule has 0 aliphatic carbocycles. The normalized spacial score (nSPS) is 0. The Labute approximate surface area is 171 Å². The molecule has 2 radical (unpaired) electrons. The second-order valence-electron chi connectivity index (χ2n) is 0. The molecule has 9 nitrogen and oxygen atoms in total. The van der Waals surface area contributed by atoms with Crippen LogP contribution in [-0.2, 0) is 91.4 Å². The maximum absolute atomic E-state index is 0. The van der Waals surface area contributed by atoms with E-state index in [9.17, 15) is 0 Å². The summed E-state index contributed by atoms with van der Waals surface area (Å²) in [6.45, 7) is 0. The zero-order valence-electron chi connectivity index (χ0n) is 5.49. The van der Waals surface area contributed by atoms with E-state index in [4.69, 9.17) is 0 Å². The molecule has 0 N–H and O–H groups in total. The fraction of sp³-hybridized carbons (Fsp3) is 0. The Hall–Kier alpha value is 3.77. The molecule has 0 fully saturated rings. The smallest absolute Gasteiger partial charge is 2.00 e. The molecule has 0 bridgehead atoms. The molecule has 0 aliphatic rings. The minimum atomic E-state index is 0. The monoisotopic (exact) mass is 620 g/mol. The summed E-state index contributed by atoms with van der Waals surface area (Å²) < 4.78 is 0. The van der Waals surface area contributed by atoms with Crippen molar-refractivity contribution in [3.63, 3.8) is 0 Å². The summed E-state index contributed by atoms with van der Waals surface area (Å²) in [6, 6.07) is 0. The third-order valence-electron chi connectivity index (χ3n) is 0. The van der Waals surface area contributed by atoms with Crippen LogP contribution in [0.3, 0.4) is 0 Å². The van der Waals surface area contributed by atoms with E-state index in [-0.39, 0.29) is 175 Å². The van der Waals surface area contributed by atoms with Crippen molar-refractivity contribution in [2.45, 2.75) is 0 Å². The van der Waals surface area contributed by atoms with Crippen molar-refractivity contribution in [1.82, 2.24) is 0 Å². The summed E-state index contributed by atoms with van der Waals surface area (Å²) in [5.41, 5.74) is 0. The van der Waals surface area contributed by atoms with Crippen molar-refractivity contribution in [2.24, 2.45) is 0 Å². The fourth-order valence-electron chi connectivity index (χ4n) is 0. The molecule has 0 saturated heterocycles. The molecule has 0 atom stereocenters. The molecule has 86 valence electrons. The van der Waals surface area contributed by atoms with Gasteiger partial charge in [-0.05, 0) is 0 Å². The van der Waals surface area contributed by atoms with Crippen LogP contribution >= 0.6 is 0 Å². The zero-order chi connectivity index (χ0) is 0. The maximum Gasteiger partial charge on any atom is 3.00 e. The van der Waals surface area contributed by atoms with Gasteiger partial charge in [0.2, 0.25) is 0 Å². The SMILES string of the molecule is [Ce+3].[Ce+3].[Mo].[Mo].[O-2].[O-2].[O-2].[O-2].[O-2].[O-2].[O-2].[O-2].[O-2]. The van der Waals surface area contributed by atoms with Crippen molar-refractivity contribution in [1.29, 1.82) is 0 Å². The first kappa shape index (κ1) is 293. The van der Waals surface area contributed by atoms with E-state index in [0.29, 0.717) is 0 Å². The van der Waals surface area contributed by atoms with Crippen LogP contribution in [0.4, 0.5) is 0 Å².